The van der Waals surface area contributed by atoms with E-state index in [1.807, 2.05) is 74.5 Å². The summed E-state index contributed by atoms with van der Waals surface area (Å²) in [5.41, 5.74) is 9.66. The molecule has 0 unspecified atom stereocenters. The van der Waals surface area contributed by atoms with Crippen LogP contribution in [0.5, 0.6) is 0 Å². The molecule has 0 spiro atoms. The van der Waals surface area contributed by atoms with Crippen LogP contribution < -0.4 is 37.6 Å². The Bertz CT molecular complexity index is 3080. The Kier molecular flexibility index (Phi) is 24.1. The number of likely N-dealkylation sites (N-methyl/N-ethyl adjacent to an activating group) is 2. The maximum atomic E-state index is 12.7. The largest absolute Gasteiger partial charge is 0.480 e. The number of hydrogen-bond acceptors (Lipinski definition) is 21. The van der Waals surface area contributed by atoms with Crippen molar-refractivity contribution < 1.29 is 33.8 Å². The summed E-state index contributed by atoms with van der Waals surface area (Å²) < 4.78 is 10.4. The number of carboxylic acid groups (broad SMARTS) is 1. The molecule has 6 aromatic rings. The Morgan fingerprint density at radius 3 is 1.37 bits per heavy atom. The maximum Gasteiger partial charge on any atom is 0.410 e. The van der Waals surface area contributed by atoms with E-state index in [1.54, 1.807) is 67.6 Å². The second kappa shape index (κ2) is 30.6. The molecule has 26 heteroatoms. The van der Waals surface area contributed by atoms with E-state index in [4.69, 9.17) is 30.8 Å². The van der Waals surface area contributed by atoms with Gasteiger partial charge < -0.3 is 57.1 Å². The third-order valence-electron chi connectivity index (χ3n) is 11.1. The highest BCUT2D eigenvalue weighted by molar-refractivity contribution is 5.87. The molecule has 2 amide bonds. The summed E-state index contributed by atoms with van der Waals surface area (Å²) >= 11 is 0. The Morgan fingerprint density at radius 1 is 0.617 bits per heavy atom. The van der Waals surface area contributed by atoms with Crippen LogP contribution in [0.2, 0.25) is 0 Å². The number of carbonyl (C=O) groups is 4. The number of nitriles is 2. The van der Waals surface area contributed by atoms with Gasteiger partial charge in [-0.2, -0.15) is 40.7 Å². The maximum absolute atomic E-state index is 12.7. The van der Waals surface area contributed by atoms with E-state index in [9.17, 15) is 19.2 Å². The van der Waals surface area contributed by atoms with Crippen molar-refractivity contribution in [3.8, 4) is 12.1 Å². The van der Waals surface area contributed by atoms with Gasteiger partial charge in [-0.15, -0.1) is 0 Å². The second-order valence-corrected chi connectivity index (χ2v) is 20.4. The van der Waals surface area contributed by atoms with Gasteiger partial charge in [0.15, 0.2) is 17.4 Å². The molecule has 6 rings (SSSR count). The number of aliphatic carboxylic acids is 1. The third-order valence-corrected chi connectivity index (χ3v) is 11.1. The number of ketones is 1. The normalized spacial score (nSPS) is 11.5. The van der Waals surface area contributed by atoms with Crippen molar-refractivity contribution in [2.45, 2.75) is 118 Å². The summed E-state index contributed by atoms with van der Waals surface area (Å²) in [7, 11) is 2.96. The molecule has 81 heavy (non-hydrogen) atoms. The molecular weight excluding hydrogens is 1040 g/mol. The van der Waals surface area contributed by atoms with Crippen LogP contribution in [-0.4, -0.2) is 136 Å². The van der Waals surface area contributed by atoms with E-state index < -0.39 is 41.4 Å². The molecule has 0 aliphatic rings. The minimum atomic E-state index is -1.06. The molecule has 26 nitrogen and oxygen atoms in total. The van der Waals surface area contributed by atoms with Crippen LogP contribution in [0.15, 0.2) is 72.8 Å². The van der Waals surface area contributed by atoms with Crippen molar-refractivity contribution in [1.29, 1.82) is 10.5 Å². The molecule has 4 aromatic heterocycles. The number of carboxylic acids is 1. The quantitative estimate of drug-likeness (QED) is 0.0284. The number of rotatable bonds is 22. The van der Waals surface area contributed by atoms with Crippen molar-refractivity contribution in [2.75, 3.05) is 65.6 Å². The van der Waals surface area contributed by atoms with Crippen LogP contribution in [0.25, 0.3) is 0 Å². The molecule has 2 atom stereocenters. The zero-order chi connectivity index (χ0) is 59.9. The molecular formula is C55H75N19O7. The number of Topliss-reactive ketones (excluding diaryl/α,β-unsaturated/α-hetero) is 1. The van der Waals surface area contributed by atoms with Gasteiger partial charge in [0.1, 0.15) is 40.5 Å². The molecule has 0 saturated carbocycles. The number of H-pyrrole nitrogens is 2. The highest BCUT2D eigenvalue weighted by Crippen LogP contribution is 2.24. The van der Waals surface area contributed by atoms with Gasteiger partial charge in [0.25, 0.3) is 0 Å². The lowest BCUT2D eigenvalue weighted by molar-refractivity contribution is -0.142. The fraction of sp³-hybridized carbons (Fsp3) is 0.418. The van der Waals surface area contributed by atoms with E-state index in [0.717, 1.165) is 38.8 Å². The molecule has 0 fully saturated rings. The molecule has 0 saturated heterocycles. The number of aromatic amines is 2. The average molecular weight is 1110 g/mol. The molecule has 2 aromatic carbocycles. The number of amides is 2. The smallest absolute Gasteiger partial charge is 0.410 e. The number of nitrogens with zero attached hydrogens (tertiary/aromatic N) is 10. The Morgan fingerprint density at radius 2 is 1.01 bits per heavy atom. The third kappa shape index (κ3) is 23.1. The van der Waals surface area contributed by atoms with Crippen LogP contribution in [0.1, 0.15) is 90.7 Å². The zero-order valence-corrected chi connectivity index (χ0v) is 48.0. The van der Waals surface area contributed by atoms with Crippen molar-refractivity contribution in [3.05, 3.63) is 95.3 Å². The summed E-state index contributed by atoms with van der Waals surface area (Å²) in [4.78, 5) is 67.3. The number of nitrogens with two attached hydrogens (primary N) is 1. The zero-order valence-electron chi connectivity index (χ0n) is 48.0. The summed E-state index contributed by atoms with van der Waals surface area (Å²) in [5, 5.41) is 59.5. The number of ether oxygens (including phenoxy) is 2. The molecule has 0 radical (unpaired) electrons. The number of benzene rings is 2. The number of aromatic nitrogens is 8. The van der Waals surface area contributed by atoms with Gasteiger partial charge in [0, 0.05) is 87.2 Å². The first kappa shape index (κ1) is 64.0. The van der Waals surface area contributed by atoms with Crippen molar-refractivity contribution in [3.63, 3.8) is 0 Å². The van der Waals surface area contributed by atoms with Crippen LogP contribution in [0, 0.1) is 36.5 Å². The SMILES string of the molecule is C[C@@H](C(=O)O)N(C)C(=O)OC(C)(C)C.Cc1cc(Nc2cc(NCCCC(=O)[C@H](C)N(C)C(=O)OC(C)(C)C)nc(Nc3ccc(CC#N)cc3)n2)n[nH]1.Cc1cc(Nc2cc(NCCN)nc(Nc3ccc(CC#N)cc3)n2)n[nH]1. The van der Waals surface area contributed by atoms with Gasteiger partial charge in [-0.25, -0.2) is 14.4 Å². The highest BCUT2D eigenvalue weighted by Gasteiger charge is 2.28. The number of hydrogen-bond donors (Lipinski definition) is 10. The van der Waals surface area contributed by atoms with E-state index in [-0.39, 0.29) is 12.2 Å². The van der Waals surface area contributed by atoms with Gasteiger partial charge in [-0.3, -0.25) is 19.9 Å². The lowest BCUT2D eigenvalue weighted by Gasteiger charge is -2.28. The first-order valence-corrected chi connectivity index (χ1v) is 25.9. The highest BCUT2D eigenvalue weighted by atomic mass is 16.6. The number of nitrogens with one attached hydrogen (secondary N) is 8. The standard InChI is InChI=1S/C28H37N9O3.C18H21N9.C9H17NO4/c1-18-16-25(36-35-18)32-24-17-23(33-26(34-24)31-21-11-9-20(10-12-21)13-14-29)30-15-7-8-22(38)19(2)37(6)27(39)40-28(3,4)5;1-12-10-17(27-26-12)23-16-11-15(21-9-8-20)24-18(25-16)22-14-4-2-13(3-5-14)6-7-19;1-6(7(11)12)10(5)8(13)14-9(2,3)4/h9-12,16-17,19H,7-8,13,15H2,1-6H3,(H4,30,31,32,33,34,35,36);2-5,10-11H,6,8-9,20H2,1H3,(H4,21,22,23,24,25,26,27);6H,1-5H3,(H,11,12)/t19-;;6-/m0.0/s1. The Labute approximate surface area is 472 Å². The average Bonchev–Trinajstić information content (AvgIpc) is 4.01. The van der Waals surface area contributed by atoms with E-state index in [0.29, 0.717) is 85.7 Å². The summed E-state index contributed by atoms with van der Waals surface area (Å²) in [6.45, 7) is 19.1. The minimum absolute atomic E-state index is 0.0590. The molecule has 0 bridgehead atoms. The number of carbonyl (C=O) groups excluding carboxylic acids is 3. The lowest BCUT2D eigenvalue weighted by Crippen LogP contribution is -2.43. The van der Waals surface area contributed by atoms with Gasteiger partial charge in [0.2, 0.25) is 11.9 Å². The van der Waals surface area contributed by atoms with Crippen molar-refractivity contribution in [2.24, 2.45) is 5.73 Å². The second-order valence-electron chi connectivity index (χ2n) is 20.4. The fourth-order valence-electron chi connectivity index (χ4n) is 6.65. The first-order chi connectivity index (χ1) is 38.2. The number of anilines is 10. The molecule has 432 valence electrons. The predicted octanol–water partition coefficient (Wildman–Crippen LogP) is 8.84. The van der Waals surface area contributed by atoms with Crippen LogP contribution in [-0.2, 0) is 31.9 Å². The lowest BCUT2D eigenvalue weighted by atomic mass is 10.1. The molecule has 11 N–H and O–H groups in total. The topological polar surface area (TPSA) is 368 Å². The summed E-state index contributed by atoms with van der Waals surface area (Å²) in [5.74, 6) is 3.28. The number of aryl methyl sites for hydroxylation is 2. The summed E-state index contributed by atoms with van der Waals surface area (Å²) in [6.07, 6.45) is 0.384. The van der Waals surface area contributed by atoms with Crippen LogP contribution >= 0.6 is 0 Å². The summed E-state index contributed by atoms with van der Waals surface area (Å²) in [6, 6.07) is 25.1. The van der Waals surface area contributed by atoms with E-state index in [1.165, 1.54) is 18.9 Å². The van der Waals surface area contributed by atoms with E-state index >= 15 is 0 Å². The van der Waals surface area contributed by atoms with Gasteiger partial charge in [-0.1, -0.05) is 24.3 Å². The first-order valence-electron chi connectivity index (χ1n) is 25.9. The molecule has 4 heterocycles. The van der Waals surface area contributed by atoms with Gasteiger partial charge >= 0.3 is 18.2 Å². The Hall–Kier alpha value is -9.56. The van der Waals surface area contributed by atoms with Crippen molar-refractivity contribution in [1.82, 2.24) is 50.1 Å². The van der Waals surface area contributed by atoms with Gasteiger partial charge in [0.05, 0.1) is 31.0 Å². The van der Waals surface area contributed by atoms with Crippen LogP contribution in [0.3, 0.4) is 0 Å². The monoisotopic (exact) mass is 1110 g/mol. The Balaban J connectivity index is 0.000000295. The van der Waals surface area contributed by atoms with Crippen LogP contribution in [0.4, 0.5) is 67.8 Å². The van der Waals surface area contributed by atoms with Gasteiger partial charge in [-0.05, 0) is 111 Å². The minimum Gasteiger partial charge on any atom is -0.480 e. The fourth-order valence-corrected chi connectivity index (χ4v) is 6.65. The predicted molar refractivity (Wildman–Crippen MR) is 310 cm³/mol. The molecule has 0 aliphatic carbocycles. The van der Waals surface area contributed by atoms with E-state index in [2.05, 4.69) is 84.4 Å². The van der Waals surface area contributed by atoms with Crippen molar-refractivity contribution >= 4 is 82.1 Å². The molecule has 0 aliphatic heterocycles.